The van der Waals surface area contributed by atoms with Crippen molar-refractivity contribution in [1.29, 1.82) is 0 Å². The molecule has 0 fully saturated rings. The summed E-state index contributed by atoms with van der Waals surface area (Å²) in [5, 5.41) is 13.0. The molecular formula is C15H22ClNO2. The van der Waals surface area contributed by atoms with Crippen molar-refractivity contribution in [3.8, 4) is 0 Å². The van der Waals surface area contributed by atoms with Gasteiger partial charge in [0.25, 0.3) is 0 Å². The summed E-state index contributed by atoms with van der Waals surface area (Å²) in [5.74, 6) is -0.0398. The molecule has 0 aliphatic rings. The zero-order chi connectivity index (χ0) is 14.3. The first-order valence-corrected chi connectivity index (χ1v) is 7.05. The molecule has 106 valence electrons. The molecule has 2 N–H and O–H groups in total. The summed E-state index contributed by atoms with van der Waals surface area (Å²) >= 11 is 5.88. The van der Waals surface area contributed by atoms with Crippen molar-refractivity contribution in [2.75, 3.05) is 13.2 Å². The molecule has 0 aliphatic heterocycles. The van der Waals surface area contributed by atoms with Crippen LogP contribution in [0.25, 0.3) is 0 Å². The second-order valence-corrected chi connectivity index (χ2v) is 5.39. The molecule has 1 rings (SSSR count). The van der Waals surface area contributed by atoms with Gasteiger partial charge in [0.15, 0.2) is 0 Å². The average molecular weight is 284 g/mol. The quantitative estimate of drug-likeness (QED) is 0.808. The van der Waals surface area contributed by atoms with Gasteiger partial charge in [0.2, 0.25) is 5.91 Å². The second kappa shape index (κ2) is 7.51. The lowest BCUT2D eigenvalue weighted by Gasteiger charge is -2.29. The SMILES string of the molecule is CCC(CC)(CO)CNC(=O)Cc1cccc(Cl)c1. The molecule has 0 saturated carbocycles. The van der Waals surface area contributed by atoms with Crippen LogP contribution in [0.3, 0.4) is 0 Å². The van der Waals surface area contributed by atoms with E-state index in [1.165, 1.54) is 0 Å². The fourth-order valence-electron chi connectivity index (χ4n) is 1.96. The van der Waals surface area contributed by atoms with Gasteiger partial charge in [-0.3, -0.25) is 4.79 Å². The summed E-state index contributed by atoms with van der Waals surface area (Å²) in [6.45, 7) is 4.67. The third-order valence-electron chi connectivity index (χ3n) is 3.75. The van der Waals surface area contributed by atoms with E-state index in [9.17, 15) is 9.90 Å². The van der Waals surface area contributed by atoms with Crippen molar-refractivity contribution < 1.29 is 9.90 Å². The van der Waals surface area contributed by atoms with Crippen molar-refractivity contribution in [3.05, 3.63) is 34.9 Å². The van der Waals surface area contributed by atoms with Crippen molar-refractivity contribution in [2.45, 2.75) is 33.1 Å². The van der Waals surface area contributed by atoms with Crippen LogP contribution >= 0.6 is 11.6 Å². The van der Waals surface area contributed by atoms with E-state index in [0.717, 1.165) is 18.4 Å². The highest BCUT2D eigenvalue weighted by Gasteiger charge is 2.25. The number of aliphatic hydroxyl groups is 1. The maximum atomic E-state index is 11.9. The van der Waals surface area contributed by atoms with Gasteiger partial charge < -0.3 is 10.4 Å². The fraction of sp³-hybridized carbons (Fsp3) is 0.533. The number of nitrogens with one attached hydrogen (secondary N) is 1. The lowest BCUT2D eigenvalue weighted by atomic mass is 9.83. The molecule has 0 heterocycles. The molecule has 1 aromatic rings. The zero-order valence-corrected chi connectivity index (χ0v) is 12.3. The Balaban J connectivity index is 2.52. The maximum absolute atomic E-state index is 11.9. The summed E-state index contributed by atoms with van der Waals surface area (Å²) in [6, 6.07) is 7.29. The minimum Gasteiger partial charge on any atom is -0.396 e. The summed E-state index contributed by atoms with van der Waals surface area (Å²) in [5.41, 5.74) is 0.692. The lowest BCUT2D eigenvalue weighted by molar-refractivity contribution is -0.121. The van der Waals surface area contributed by atoms with Gasteiger partial charge in [-0.05, 0) is 30.5 Å². The smallest absolute Gasteiger partial charge is 0.224 e. The Morgan fingerprint density at radius 3 is 2.58 bits per heavy atom. The lowest BCUT2D eigenvalue weighted by Crippen LogP contribution is -2.39. The highest BCUT2D eigenvalue weighted by Crippen LogP contribution is 2.24. The van der Waals surface area contributed by atoms with Crippen LogP contribution in [-0.2, 0) is 11.2 Å². The molecule has 19 heavy (non-hydrogen) atoms. The normalized spacial score (nSPS) is 11.4. The standard InChI is InChI=1S/C15H22ClNO2/c1-3-15(4-2,11-18)10-17-14(19)9-12-6-5-7-13(16)8-12/h5-8,18H,3-4,9-11H2,1-2H3,(H,17,19). The van der Waals surface area contributed by atoms with Crippen LogP contribution < -0.4 is 5.32 Å². The van der Waals surface area contributed by atoms with Gasteiger partial charge >= 0.3 is 0 Å². The molecule has 0 atom stereocenters. The van der Waals surface area contributed by atoms with E-state index in [2.05, 4.69) is 5.32 Å². The Hall–Kier alpha value is -1.06. The monoisotopic (exact) mass is 283 g/mol. The van der Waals surface area contributed by atoms with E-state index in [-0.39, 0.29) is 17.9 Å². The van der Waals surface area contributed by atoms with Crippen LogP contribution in [0, 0.1) is 5.41 Å². The number of amides is 1. The molecule has 0 unspecified atom stereocenters. The first-order chi connectivity index (χ1) is 9.05. The number of hydrogen-bond donors (Lipinski definition) is 2. The highest BCUT2D eigenvalue weighted by molar-refractivity contribution is 6.30. The Bertz CT molecular complexity index is 408. The van der Waals surface area contributed by atoms with Crippen LogP contribution in [0.2, 0.25) is 5.02 Å². The van der Waals surface area contributed by atoms with Gasteiger partial charge in [-0.15, -0.1) is 0 Å². The van der Waals surface area contributed by atoms with Gasteiger partial charge in [-0.2, -0.15) is 0 Å². The number of rotatable bonds is 7. The molecular weight excluding hydrogens is 262 g/mol. The van der Waals surface area contributed by atoms with Crippen LogP contribution in [0.5, 0.6) is 0 Å². The Morgan fingerprint density at radius 2 is 2.05 bits per heavy atom. The van der Waals surface area contributed by atoms with Gasteiger partial charge in [0.1, 0.15) is 0 Å². The van der Waals surface area contributed by atoms with E-state index < -0.39 is 0 Å². The third kappa shape index (κ3) is 4.84. The molecule has 0 saturated heterocycles. The minimum atomic E-state index is -0.204. The second-order valence-electron chi connectivity index (χ2n) is 4.95. The van der Waals surface area contributed by atoms with Gasteiger partial charge in [-0.25, -0.2) is 0 Å². The third-order valence-corrected chi connectivity index (χ3v) is 3.98. The Morgan fingerprint density at radius 1 is 1.37 bits per heavy atom. The molecule has 0 spiro atoms. The number of halogens is 1. The first kappa shape index (κ1) is 16.0. The molecule has 3 nitrogen and oxygen atoms in total. The molecule has 4 heteroatoms. The van der Waals surface area contributed by atoms with Gasteiger partial charge in [0.05, 0.1) is 13.0 Å². The molecule has 0 bridgehead atoms. The Labute approximate surface area is 120 Å². The van der Waals surface area contributed by atoms with Crippen LogP contribution in [0.15, 0.2) is 24.3 Å². The number of hydrogen-bond acceptors (Lipinski definition) is 2. The van der Waals surface area contributed by atoms with Crippen molar-refractivity contribution >= 4 is 17.5 Å². The molecule has 0 radical (unpaired) electrons. The van der Waals surface area contributed by atoms with Gasteiger partial charge in [-0.1, -0.05) is 37.6 Å². The van der Waals surface area contributed by atoms with Crippen LogP contribution in [-0.4, -0.2) is 24.2 Å². The maximum Gasteiger partial charge on any atom is 0.224 e. The number of carbonyl (C=O) groups excluding carboxylic acids is 1. The van der Waals surface area contributed by atoms with E-state index in [1.807, 2.05) is 26.0 Å². The molecule has 1 amide bonds. The zero-order valence-electron chi connectivity index (χ0n) is 11.6. The summed E-state index contributed by atoms with van der Waals surface area (Å²) in [4.78, 5) is 11.9. The average Bonchev–Trinajstić information content (AvgIpc) is 2.41. The highest BCUT2D eigenvalue weighted by atomic mass is 35.5. The minimum absolute atomic E-state index is 0.0398. The van der Waals surface area contributed by atoms with Crippen molar-refractivity contribution in [3.63, 3.8) is 0 Å². The topological polar surface area (TPSA) is 49.3 Å². The van der Waals surface area contributed by atoms with E-state index >= 15 is 0 Å². The van der Waals surface area contributed by atoms with Crippen LogP contribution in [0.1, 0.15) is 32.3 Å². The number of aliphatic hydroxyl groups excluding tert-OH is 1. The van der Waals surface area contributed by atoms with Crippen molar-refractivity contribution in [2.24, 2.45) is 5.41 Å². The van der Waals surface area contributed by atoms with Crippen LogP contribution in [0.4, 0.5) is 0 Å². The van der Waals surface area contributed by atoms with Gasteiger partial charge in [0, 0.05) is 17.0 Å². The summed E-state index contributed by atoms with van der Waals surface area (Å²) in [6.07, 6.45) is 2.00. The molecule has 0 aliphatic carbocycles. The van der Waals surface area contributed by atoms with Crippen molar-refractivity contribution in [1.82, 2.24) is 5.32 Å². The van der Waals surface area contributed by atoms with E-state index in [0.29, 0.717) is 18.0 Å². The molecule has 1 aromatic carbocycles. The Kier molecular flexibility index (Phi) is 6.32. The fourth-order valence-corrected chi connectivity index (χ4v) is 2.17. The predicted molar refractivity (Wildman–Crippen MR) is 78.3 cm³/mol. The first-order valence-electron chi connectivity index (χ1n) is 6.67. The molecule has 0 aromatic heterocycles. The number of carbonyl (C=O) groups is 1. The summed E-state index contributed by atoms with van der Waals surface area (Å²) < 4.78 is 0. The number of benzene rings is 1. The summed E-state index contributed by atoms with van der Waals surface area (Å²) in [7, 11) is 0. The largest absolute Gasteiger partial charge is 0.396 e. The van der Waals surface area contributed by atoms with E-state index in [4.69, 9.17) is 11.6 Å². The van der Waals surface area contributed by atoms with E-state index in [1.54, 1.807) is 12.1 Å². The predicted octanol–water partition coefficient (Wildman–Crippen LogP) is 2.80.